The smallest absolute Gasteiger partial charge is 0.118 e. The van der Waals surface area contributed by atoms with E-state index in [1.54, 1.807) is 7.11 Å². The summed E-state index contributed by atoms with van der Waals surface area (Å²) in [6, 6.07) is 18.4. The molecule has 3 heteroatoms. The fourth-order valence-electron chi connectivity index (χ4n) is 2.25. The lowest BCUT2D eigenvalue weighted by atomic mass is 10.1. The van der Waals surface area contributed by atoms with E-state index in [-0.39, 0.29) is 6.04 Å². The van der Waals surface area contributed by atoms with Gasteiger partial charge in [-0.05, 0) is 30.3 Å². The third kappa shape index (κ3) is 4.08. The van der Waals surface area contributed by atoms with Crippen LogP contribution < -0.4 is 10.5 Å². The highest BCUT2D eigenvalue weighted by Crippen LogP contribution is 2.15. The molecular formula is C17H22N2O. The van der Waals surface area contributed by atoms with E-state index in [1.165, 1.54) is 11.1 Å². The van der Waals surface area contributed by atoms with Crippen molar-refractivity contribution in [3.63, 3.8) is 0 Å². The van der Waals surface area contributed by atoms with Crippen LogP contribution in [0.1, 0.15) is 17.2 Å². The summed E-state index contributed by atoms with van der Waals surface area (Å²) in [6.45, 7) is 1.71. The van der Waals surface area contributed by atoms with Gasteiger partial charge in [-0.2, -0.15) is 0 Å². The Hall–Kier alpha value is -1.84. The molecular weight excluding hydrogens is 248 g/mol. The van der Waals surface area contributed by atoms with E-state index in [4.69, 9.17) is 10.5 Å². The van der Waals surface area contributed by atoms with Crippen LogP contribution in [0.3, 0.4) is 0 Å². The zero-order valence-corrected chi connectivity index (χ0v) is 12.1. The van der Waals surface area contributed by atoms with Gasteiger partial charge in [0.05, 0.1) is 7.11 Å². The summed E-state index contributed by atoms with van der Waals surface area (Å²) < 4.78 is 5.16. The van der Waals surface area contributed by atoms with Crippen molar-refractivity contribution in [2.24, 2.45) is 5.73 Å². The van der Waals surface area contributed by atoms with Gasteiger partial charge in [0.1, 0.15) is 5.75 Å². The van der Waals surface area contributed by atoms with Crippen LogP contribution >= 0.6 is 0 Å². The number of likely N-dealkylation sites (N-methyl/N-ethyl adjacent to an activating group) is 1. The molecule has 0 spiro atoms. The first-order chi connectivity index (χ1) is 9.69. The molecule has 3 nitrogen and oxygen atoms in total. The molecule has 0 aliphatic heterocycles. The molecule has 0 fully saturated rings. The van der Waals surface area contributed by atoms with Crippen molar-refractivity contribution >= 4 is 0 Å². The van der Waals surface area contributed by atoms with E-state index >= 15 is 0 Å². The average Bonchev–Trinajstić information content (AvgIpc) is 2.49. The van der Waals surface area contributed by atoms with Crippen LogP contribution in [-0.4, -0.2) is 25.6 Å². The van der Waals surface area contributed by atoms with E-state index < -0.39 is 0 Å². The highest BCUT2D eigenvalue weighted by Gasteiger charge is 2.09. The number of rotatable bonds is 6. The summed E-state index contributed by atoms with van der Waals surface area (Å²) in [4.78, 5) is 2.24. The fourth-order valence-corrected chi connectivity index (χ4v) is 2.25. The van der Waals surface area contributed by atoms with E-state index in [9.17, 15) is 0 Å². The lowest BCUT2D eigenvalue weighted by Gasteiger charge is -2.21. The minimum atomic E-state index is 0.0412. The van der Waals surface area contributed by atoms with Gasteiger partial charge in [-0.1, -0.05) is 42.5 Å². The summed E-state index contributed by atoms with van der Waals surface area (Å²) in [6.07, 6.45) is 0. The second kappa shape index (κ2) is 7.08. The monoisotopic (exact) mass is 270 g/mol. The van der Waals surface area contributed by atoms with Crippen molar-refractivity contribution in [2.75, 3.05) is 20.7 Å². The summed E-state index contributed by atoms with van der Waals surface area (Å²) in [5.74, 6) is 0.886. The SMILES string of the molecule is COc1ccc(CN(C)CC(N)c2ccccc2)cc1. The van der Waals surface area contributed by atoms with Crippen molar-refractivity contribution < 1.29 is 4.74 Å². The molecule has 2 N–H and O–H groups in total. The molecule has 2 rings (SSSR count). The maximum Gasteiger partial charge on any atom is 0.118 e. The molecule has 2 aromatic rings. The maximum atomic E-state index is 6.23. The van der Waals surface area contributed by atoms with Crippen molar-refractivity contribution in [1.82, 2.24) is 4.90 Å². The van der Waals surface area contributed by atoms with Crippen molar-refractivity contribution in [3.05, 3.63) is 65.7 Å². The summed E-state index contributed by atoms with van der Waals surface area (Å²) >= 11 is 0. The fraction of sp³-hybridized carbons (Fsp3) is 0.294. The van der Waals surface area contributed by atoms with Crippen molar-refractivity contribution in [3.8, 4) is 5.75 Å². The van der Waals surface area contributed by atoms with Crippen molar-refractivity contribution in [2.45, 2.75) is 12.6 Å². The van der Waals surface area contributed by atoms with Gasteiger partial charge in [-0.25, -0.2) is 0 Å². The number of benzene rings is 2. The Bertz CT molecular complexity index is 510. The first-order valence-corrected chi connectivity index (χ1v) is 6.81. The van der Waals surface area contributed by atoms with E-state index in [0.29, 0.717) is 0 Å². The van der Waals surface area contributed by atoms with Gasteiger partial charge < -0.3 is 15.4 Å². The van der Waals surface area contributed by atoms with Crippen molar-refractivity contribution in [1.29, 1.82) is 0 Å². The molecule has 2 aromatic carbocycles. The number of methoxy groups -OCH3 is 1. The molecule has 0 amide bonds. The third-order valence-electron chi connectivity index (χ3n) is 3.35. The molecule has 0 saturated heterocycles. The zero-order valence-electron chi connectivity index (χ0n) is 12.1. The third-order valence-corrected chi connectivity index (χ3v) is 3.35. The van der Waals surface area contributed by atoms with E-state index in [2.05, 4.69) is 36.2 Å². The van der Waals surface area contributed by atoms with Gasteiger partial charge in [0, 0.05) is 19.1 Å². The van der Waals surface area contributed by atoms with Crippen LogP contribution in [-0.2, 0) is 6.54 Å². The van der Waals surface area contributed by atoms with Gasteiger partial charge in [0.15, 0.2) is 0 Å². The van der Waals surface area contributed by atoms with Gasteiger partial charge in [0.2, 0.25) is 0 Å². The molecule has 1 unspecified atom stereocenters. The molecule has 0 aliphatic rings. The van der Waals surface area contributed by atoms with Gasteiger partial charge in [-0.15, -0.1) is 0 Å². The van der Waals surface area contributed by atoms with Crippen LogP contribution in [0.5, 0.6) is 5.75 Å². The second-order valence-electron chi connectivity index (χ2n) is 5.06. The average molecular weight is 270 g/mol. The van der Waals surface area contributed by atoms with Gasteiger partial charge in [0.25, 0.3) is 0 Å². The molecule has 0 bridgehead atoms. The molecule has 20 heavy (non-hydrogen) atoms. The highest BCUT2D eigenvalue weighted by molar-refractivity contribution is 5.27. The van der Waals surface area contributed by atoms with Crippen LogP contribution in [0.2, 0.25) is 0 Å². The molecule has 0 saturated carbocycles. The lowest BCUT2D eigenvalue weighted by Crippen LogP contribution is -2.28. The molecule has 0 radical (unpaired) electrons. The molecule has 106 valence electrons. The Morgan fingerprint density at radius 3 is 2.30 bits per heavy atom. The topological polar surface area (TPSA) is 38.5 Å². The Morgan fingerprint density at radius 2 is 1.70 bits per heavy atom. The number of ether oxygens (including phenoxy) is 1. The van der Waals surface area contributed by atoms with Crippen LogP contribution in [0.25, 0.3) is 0 Å². The Kier molecular flexibility index (Phi) is 5.16. The van der Waals surface area contributed by atoms with Gasteiger partial charge >= 0.3 is 0 Å². The highest BCUT2D eigenvalue weighted by atomic mass is 16.5. The molecule has 0 aromatic heterocycles. The molecule has 1 atom stereocenters. The Balaban J connectivity index is 1.90. The Labute approximate surface area is 121 Å². The Morgan fingerprint density at radius 1 is 1.05 bits per heavy atom. The number of hydrogen-bond donors (Lipinski definition) is 1. The predicted molar refractivity (Wildman–Crippen MR) is 82.7 cm³/mol. The second-order valence-corrected chi connectivity index (χ2v) is 5.06. The number of nitrogens with zero attached hydrogens (tertiary/aromatic N) is 1. The largest absolute Gasteiger partial charge is 0.497 e. The van der Waals surface area contributed by atoms with Crippen LogP contribution in [0.15, 0.2) is 54.6 Å². The summed E-state index contributed by atoms with van der Waals surface area (Å²) in [7, 11) is 3.77. The normalized spacial score (nSPS) is 12.4. The minimum absolute atomic E-state index is 0.0412. The predicted octanol–water partition coefficient (Wildman–Crippen LogP) is 2.83. The number of nitrogens with two attached hydrogens (primary N) is 1. The lowest BCUT2D eigenvalue weighted by molar-refractivity contribution is 0.305. The first kappa shape index (κ1) is 14.6. The summed E-state index contributed by atoms with van der Waals surface area (Å²) in [5, 5.41) is 0. The maximum absolute atomic E-state index is 6.23. The zero-order chi connectivity index (χ0) is 14.4. The number of hydrogen-bond acceptors (Lipinski definition) is 3. The minimum Gasteiger partial charge on any atom is -0.497 e. The summed E-state index contributed by atoms with van der Waals surface area (Å²) in [5.41, 5.74) is 8.67. The molecule has 0 heterocycles. The van der Waals surface area contributed by atoms with Crippen LogP contribution in [0, 0.1) is 0 Å². The van der Waals surface area contributed by atoms with E-state index in [0.717, 1.165) is 18.8 Å². The van der Waals surface area contributed by atoms with E-state index in [1.807, 2.05) is 30.3 Å². The standard InChI is InChI=1S/C17H22N2O/c1-19(12-14-8-10-16(20-2)11-9-14)13-17(18)15-6-4-3-5-7-15/h3-11,17H,12-13,18H2,1-2H3. The van der Waals surface area contributed by atoms with Crippen LogP contribution in [0.4, 0.5) is 0 Å². The quantitative estimate of drug-likeness (QED) is 0.877. The molecule has 0 aliphatic carbocycles. The van der Waals surface area contributed by atoms with Gasteiger partial charge in [-0.3, -0.25) is 0 Å². The first-order valence-electron chi connectivity index (χ1n) is 6.81.